The minimum atomic E-state index is -0.278. The summed E-state index contributed by atoms with van der Waals surface area (Å²) < 4.78 is 15.0. The number of nitrogens with zero attached hydrogens (tertiary/aromatic N) is 3. The number of carbonyl (C=O) groups is 1. The Morgan fingerprint density at radius 1 is 1.19 bits per heavy atom. The van der Waals surface area contributed by atoms with Crippen LogP contribution in [0, 0.1) is 17.7 Å². The highest BCUT2D eigenvalue weighted by molar-refractivity contribution is 5.95. The van der Waals surface area contributed by atoms with Gasteiger partial charge in [-0.3, -0.25) is 4.79 Å². The molecule has 0 aliphatic carbocycles. The number of fused-ring (bicyclic) bond motifs is 1. The van der Waals surface area contributed by atoms with Crippen molar-refractivity contribution < 1.29 is 9.18 Å². The zero-order chi connectivity index (χ0) is 18.1. The highest BCUT2D eigenvalue weighted by Gasteiger charge is 2.32. The van der Waals surface area contributed by atoms with E-state index in [2.05, 4.69) is 10.4 Å². The first-order valence-corrected chi connectivity index (χ1v) is 9.50. The minimum absolute atomic E-state index is 0.0724. The van der Waals surface area contributed by atoms with E-state index in [1.54, 1.807) is 23.0 Å². The van der Waals surface area contributed by atoms with Gasteiger partial charge in [-0.05, 0) is 68.5 Å². The van der Waals surface area contributed by atoms with Crippen LogP contribution >= 0.6 is 0 Å². The zero-order valence-electron chi connectivity index (χ0n) is 15.1. The van der Waals surface area contributed by atoms with Crippen LogP contribution in [0.4, 0.5) is 4.39 Å². The fraction of sp³-hybridized carbons (Fsp3) is 0.500. The summed E-state index contributed by atoms with van der Waals surface area (Å²) in [5.41, 5.74) is 2.33. The minimum Gasteiger partial charge on any atom is -0.339 e. The van der Waals surface area contributed by atoms with E-state index in [1.807, 2.05) is 11.8 Å². The molecule has 1 aromatic heterocycles. The average Bonchev–Trinajstić information content (AvgIpc) is 3.24. The van der Waals surface area contributed by atoms with Crippen molar-refractivity contribution in [2.75, 3.05) is 26.2 Å². The van der Waals surface area contributed by atoms with Gasteiger partial charge in [-0.2, -0.15) is 5.10 Å². The van der Waals surface area contributed by atoms with Gasteiger partial charge in [-0.25, -0.2) is 9.07 Å². The molecule has 0 bridgehead atoms. The molecular formula is C20H25FN4O. The molecule has 138 valence electrons. The van der Waals surface area contributed by atoms with E-state index in [9.17, 15) is 9.18 Å². The van der Waals surface area contributed by atoms with Gasteiger partial charge in [-0.15, -0.1) is 0 Å². The second-order valence-corrected chi connectivity index (χ2v) is 7.29. The smallest absolute Gasteiger partial charge is 0.257 e. The number of aromatic nitrogens is 2. The molecule has 6 heteroatoms. The summed E-state index contributed by atoms with van der Waals surface area (Å²) in [5.74, 6) is 1.18. The zero-order valence-corrected chi connectivity index (χ0v) is 15.1. The summed E-state index contributed by atoms with van der Waals surface area (Å²) in [6.45, 7) is 5.80. The Kier molecular flexibility index (Phi) is 4.76. The molecule has 2 aliphatic rings. The van der Waals surface area contributed by atoms with Crippen LogP contribution in [0.1, 0.15) is 35.8 Å². The molecule has 1 aromatic carbocycles. The second kappa shape index (κ2) is 7.19. The Balaban J connectivity index is 1.57. The van der Waals surface area contributed by atoms with Crippen LogP contribution in [0.5, 0.6) is 0 Å². The molecule has 26 heavy (non-hydrogen) atoms. The molecule has 1 amide bonds. The summed E-state index contributed by atoms with van der Waals surface area (Å²) in [4.78, 5) is 15.1. The van der Waals surface area contributed by atoms with Gasteiger partial charge in [-0.1, -0.05) is 6.92 Å². The number of halogens is 1. The Labute approximate surface area is 153 Å². The number of rotatable bonds is 3. The predicted octanol–water partition coefficient (Wildman–Crippen LogP) is 2.65. The molecule has 5 nitrogen and oxygen atoms in total. The Bertz CT molecular complexity index is 772. The van der Waals surface area contributed by atoms with Gasteiger partial charge >= 0.3 is 0 Å². The van der Waals surface area contributed by atoms with Crippen LogP contribution in [-0.4, -0.2) is 46.8 Å². The van der Waals surface area contributed by atoms with Crippen LogP contribution in [-0.2, 0) is 6.42 Å². The number of likely N-dealkylation sites (tertiary alicyclic amines) is 1. The van der Waals surface area contributed by atoms with Crippen LogP contribution in [0.2, 0.25) is 0 Å². The van der Waals surface area contributed by atoms with Gasteiger partial charge in [0.05, 0.1) is 23.1 Å². The summed E-state index contributed by atoms with van der Waals surface area (Å²) in [6.07, 6.45) is 4.49. The average molecular weight is 356 g/mol. The Hall–Kier alpha value is -2.21. The van der Waals surface area contributed by atoms with Gasteiger partial charge < -0.3 is 10.2 Å². The summed E-state index contributed by atoms with van der Waals surface area (Å²) >= 11 is 0. The van der Waals surface area contributed by atoms with Gasteiger partial charge in [0.15, 0.2) is 0 Å². The van der Waals surface area contributed by atoms with Crippen molar-refractivity contribution in [1.29, 1.82) is 0 Å². The fourth-order valence-electron chi connectivity index (χ4n) is 4.29. The number of hydrogen-bond donors (Lipinski definition) is 1. The molecule has 2 atom stereocenters. The lowest BCUT2D eigenvalue weighted by molar-refractivity contribution is 0.0757. The van der Waals surface area contributed by atoms with E-state index in [1.165, 1.54) is 12.1 Å². The lowest BCUT2D eigenvalue weighted by Gasteiger charge is -2.21. The second-order valence-electron chi connectivity index (χ2n) is 7.29. The number of amides is 1. The first kappa shape index (κ1) is 17.2. The molecule has 2 saturated heterocycles. The third-order valence-corrected chi connectivity index (χ3v) is 5.81. The third-order valence-electron chi connectivity index (χ3n) is 5.81. The number of hydrogen-bond acceptors (Lipinski definition) is 3. The number of benzene rings is 1. The molecule has 0 saturated carbocycles. The molecule has 1 N–H and O–H groups in total. The van der Waals surface area contributed by atoms with E-state index in [0.717, 1.165) is 50.4 Å². The van der Waals surface area contributed by atoms with E-state index in [0.29, 0.717) is 23.8 Å². The first-order valence-electron chi connectivity index (χ1n) is 9.50. The quantitative estimate of drug-likeness (QED) is 0.920. The van der Waals surface area contributed by atoms with Gasteiger partial charge in [0.2, 0.25) is 0 Å². The molecule has 2 fully saturated rings. The summed E-state index contributed by atoms with van der Waals surface area (Å²) in [7, 11) is 0. The highest BCUT2D eigenvalue weighted by atomic mass is 19.1. The van der Waals surface area contributed by atoms with Gasteiger partial charge in [0.1, 0.15) is 5.82 Å². The maximum Gasteiger partial charge on any atom is 0.257 e. The molecule has 0 spiro atoms. The molecule has 2 aliphatic heterocycles. The van der Waals surface area contributed by atoms with Crippen LogP contribution in [0.25, 0.3) is 5.69 Å². The van der Waals surface area contributed by atoms with Gasteiger partial charge in [0, 0.05) is 13.1 Å². The van der Waals surface area contributed by atoms with E-state index in [4.69, 9.17) is 0 Å². The number of nitrogens with one attached hydrogen (secondary N) is 1. The van der Waals surface area contributed by atoms with E-state index in [-0.39, 0.29) is 11.7 Å². The molecular weight excluding hydrogens is 331 g/mol. The van der Waals surface area contributed by atoms with Crippen molar-refractivity contribution in [3.63, 3.8) is 0 Å². The van der Waals surface area contributed by atoms with Crippen LogP contribution < -0.4 is 5.32 Å². The molecule has 4 rings (SSSR count). The Morgan fingerprint density at radius 2 is 1.85 bits per heavy atom. The molecule has 0 radical (unpaired) electrons. The molecule has 0 unspecified atom stereocenters. The van der Waals surface area contributed by atoms with Crippen molar-refractivity contribution in [2.45, 2.75) is 26.2 Å². The van der Waals surface area contributed by atoms with Crippen molar-refractivity contribution in [3.8, 4) is 5.69 Å². The molecule has 3 heterocycles. The maximum absolute atomic E-state index is 13.2. The van der Waals surface area contributed by atoms with E-state index < -0.39 is 0 Å². The van der Waals surface area contributed by atoms with Crippen LogP contribution in [0.15, 0.2) is 30.5 Å². The lowest BCUT2D eigenvalue weighted by Crippen LogP contribution is -2.33. The maximum atomic E-state index is 13.2. The lowest BCUT2D eigenvalue weighted by atomic mass is 9.92. The Morgan fingerprint density at radius 3 is 2.46 bits per heavy atom. The van der Waals surface area contributed by atoms with E-state index >= 15 is 0 Å². The molecule has 2 aromatic rings. The van der Waals surface area contributed by atoms with Gasteiger partial charge in [0.25, 0.3) is 5.91 Å². The fourth-order valence-corrected chi connectivity index (χ4v) is 4.29. The summed E-state index contributed by atoms with van der Waals surface area (Å²) in [5, 5.41) is 7.89. The van der Waals surface area contributed by atoms with Crippen molar-refractivity contribution in [3.05, 3.63) is 47.5 Å². The van der Waals surface area contributed by atoms with Crippen molar-refractivity contribution >= 4 is 5.91 Å². The SMILES string of the molecule is CCc1c(C(=O)N2CC[C@@H]3CNC[C@@H]3CC2)cnn1-c1ccc(F)cc1. The predicted molar refractivity (Wildman–Crippen MR) is 97.9 cm³/mol. The third kappa shape index (κ3) is 3.14. The topological polar surface area (TPSA) is 50.2 Å². The van der Waals surface area contributed by atoms with Crippen molar-refractivity contribution in [1.82, 2.24) is 20.0 Å². The summed E-state index contributed by atoms with van der Waals surface area (Å²) in [6, 6.07) is 6.21. The largest absolute Gasteiger partial charge is 0.339 e. The number of carbonyl (C=O) groups excluding carboxylic acids is 1. The first-order chi connectivity index (χ1) is 12.7. The standard InChI is InChI=1S/C20H25FN4O/c1-2-19-18(13-23-25(19)17-5-3-16(21)4-6-17)20(26)24-9-7-14-11-22-12-15(14)8-10-24/h3-6,13-15,22H,2,7-12H2,1H3/t14-,15+. The monoisotopic (exact) mass is 356 g/mol. The van der Waals surface area contributed by atoms with Crippen molar-refractivity contribution in [2.24, 2.45) is 11.8 Å². The normalized spacial score (nSPS) is 22.9. The highest BCUT2D eigenvalue weighted by Crippen LogP contribution is 2.28. The van der Waals surface area contributed by atoms with Crippen LogP contribution in [0.3, 0.4) is 0 Å².